The molecule has 0 saturated carbocycles. The number of hydrogen-bond donors (Lipinski definition) is 0. The molecule has 16 heavy (non-hydrogen) atoms. The summed E-state index contributed by atoms with van der Waals surface area (Å²) in [6.07, 6.45) is 2.04. The molecule has 1 atom stereocenters. The van der Waals surface area contributed by atoms with Crippen molar-refractivity contribution in [2.75, 3.05) is 0 Å². The molecule has 1 unspecified atom stereocenters. The molecule has 78 valence electrons. The summed E-state index contributed by atoms with van der Waals surface area (Å²) in [6.45, 7) is 3.94. The highest BCUT2D eigenvalue weighted by Crippen LogP contribution is 2.14. The van der Waals surface area contributed by atoms with Crippen LogP contribution < -0.4 is 5.19 Å². The minimum absolute atomic E-state index is 0.434. The largest absolute Gasteiger partial charge is 0.103 e. The average Bonchev–Trinajstić information content (AvgIpc) is 2.38. The molecule has 0 bridgehead atoms. The maximum Gasteiger partial charge on any atom is 0.0940 e. The average molecular weight is 222 g/mol. The summed E-state index contributed by atoms with van der Waals surface area (Å²) < 4.78 is 0. The fourth-order valence-corrected chi connectivity index (χ4v) is 2.87. The second-order valence-electron chi connectivity index (χ2n) is 3.63. The lowest BCUT2D eigenvalue weighted by molar-refractivity contribution is 1.20. The molecule has 0 aliphatic heterocycles. The lowest BCUT2D eigenvalue weighted by atomic mass is 10.1. The Morgan fingerprint density at radius 2 is 1.44 bits per heavy atom. The van der Waals surface area contributed by atoms with Crippen LogP contribution in [0.2, 0.25) is 0 Å². The molecule has 2 radical (unpaired) electrons. The first-order chi connectivity index (χ1) is 7.90. The van der Waals surface area contributed by atoms with E-state index in [-0.39, 0.29) is 0 Å². The number of benzene rings is 2. The van der Waals surface area contributed by atoms with Crippen LogP contribution in [-0.4, -0.2) is 9.52 Å². The summed E-state index contributed by atoms with van der Waals surface area (Å²) in [7, 11) is 0.755. The van der Waals surface area contributed by atoms with E-state index in [1.165, 1.54) is 10.8 Å². The first-order valence-electron chi connectivity index (χ1n) is 5.39. The quantitative estimate of drug-likeness (QED) is 0.551. The Kier molecular flexibility index (Phi) is 3.73. The third-order valence-electron chi connectivity index (χ3n) is 2.49. The third kappa shape index (κ3) is 2.71. The molecular formula is C15H14Si. The molecule has 0 spiro atoms. The van der Waals surface area contributed by atoms with E-state index in [0.29, 0.717) is 5.54 Å². The van der Waals surface area contributed by atoms with Crippen LogP contribution in [0, 0.1) is 0 Å². The predicted octanol–water partition coefficient (Wildman–Crippen LogP) is 2.94. The van der Waals surface area contributed by atoms with Gasteiger partial charge in [-0.3, -0.25) is 0 Å². The zero-order valence-corrected chi connectivity index (χ0v) is 10.1. The Labute approximate surface area is 99.5 Å². The molecule has 0 aliphatic rings. The Bertz CT molecular complexity index is 434. The first kappa shape index (κ1) is 10.9. The second-order valence-corrected chi connectivity index (χ2v) is 5.12. The van der Waals surface area contributed by atoms with Crippen molar-refractivity contribution in [3.05, 3.63) is 78.9 Å². The summed E-state index contributed by atoms with van der Waals surface area (Å²) in [5, 5.41) is 1.39. The van der Waals surface area contributed by atoms with E-state index in [4.69, 9.17) is 0 Å². The highest BCUT2D eigenvalue weighted by atomic mass is 28.2. The van der Waals surface area contributed by atoms with Gasteiger partial charge in [-0.1, -0.05) is 71.9 Å². The van der Waals surface area contributed by atoms with E-state index < -0.39 is 0 Å². The molecule has 0 saturated heterocycles. The van der Waals surface area contributed by atoms with Crippen molar-refractivity contribution >= 4 is 14.7 Å². The SMILES string of the molecule is C=CC([Si]c1ccccc1)c1ccccc1. The van der Waals surface area contributed by atoms with Crippen LogP contribution in [0.4, 0.5) is 0 Å². The molecular weight excluding hydrogens is 208 g/mol. The van der Waals surface area contributed by atoms with Gasteiger partial charge < -0.3 is 0 Å². The standard InChI is InChI=1S/C15H14Si/c1-2-15(13-9-5-3-6-10-13)16-14-11-7-4-8-12-14/h2-12,15H,1H2. The summed E-state index contributed by atoms with van der Waals surface area (Å²) in [6, 6.07) is 21.2. The number of rotatable bonds is 4. The molecule has 0 heterocycles. The maximum atomic E-state index is 3.94. The van der Waals surface area contributed by atoms with Gasteiger partial charge in [0.15, 0.2) is 0 Å². The lowest BCUT2D eigenvalue weighted by Gasteiger charge is -2.11. The van der Waals surface area contributed by atoms with E-state index in [2.05, 4.69) is 67.2 Å². The van der Waals surface area contributed by atoms with Crippen molar-refractivity contribution in [3.8, 4) is 0 Å². The van der Waals surface area contributed by atoms with Gasteiger partial charge in [0, 0.05) is 0 Å². The van der Waals surface area contributed by atoms with Gasteiger partial charge in [0.25, 0.3) is 0 Å². The Hall–Kier alpha value is -1.60. The van der Waals surface area contributed by atoms with Crippen LogP contribution in [0.15, 0.2) is 73.3 Å². The fourth-order valence-electron chi connectivity index (χ4n) is 1.65. The zero-order chi connectivity index (χ0) is 11.2. The molecule has 0 N–H and O–H groups in total. The molecule has 0 amide bonds. The normalized spacial score (nSPS) is 12.0. The van der Waals surface area contributed by atoms with E-state index >= 15 is 0 Å². The van der Waals surface area contributed by atoms with Gasteiger partial charge in [0.05, 0.1) is 9.52 Å². The molecule has 1 heteroatoms. The molecule has 2 aromatic rings. The van der Waals surface area contributed by atoms with E-state index in [9.17, 15) is 0 Å². The highest BCUT2D eigenvalue weighted by Gasteiger charge is 2.08. The predicted molar refractivity (Wildman–Crippen MR) is 71.2 cm³/mol. The fraction of sp³-hybridized carbons (Fsp3) is 0.0667. The Morgan fingerprint density at radius 3 is 2.00 bits per heavy atom. The number of allylic oxidation sites excluding steroid dienone is 1. The minimum atomic E-state index is 0.434. The minimum Gasteiger partial charge on any atom is -0.103 e. The van der Waals surface area contributed by atoms with E-state index in [0.717, 1.165) is 9.52 Å². The van der Waals surface area contributed by atoms with Crippen LogP contribution in [0.3, 0.4) is 0 Å². The molecule has 0 aromatic heterocycles. The van der Waals surface area contributed by atoms with Crippen molar-refractivity contribution in [2.24, 2.45) is 0 Å². The molecule has 2 aromatic carbocycles. The molecule has 0 nitrogen and oxygen atoms in total. The topological polar surface area (TPSA) is 0 Å². The van der Waals surface area contributed by atoms with Crippen LogP contribution in [-0.2, 0) is 0 Å². The smallest absolute Gasteiger partial charge is 0.0940 e. The molecule has 0 fully saturated rings. The third-order valence-corrected chi connectivity index (χ3v) is 4.04. The maximum absolute atomic E-state index is 3.94. The van der Waals surface area contributed by atoms with Gasteiger partial charge in [-0.05, 0) is 11.1 Å². The van der Waals surface area contributed by atoms with Gasteiger partial charge in [-0.15, -0.1) is 6.58 Å². The summed E-state index contributed by atoms with van der Waals surface area (Å²) in [4.78, 5) is 0. The van der Waals surface area contributed by atoms with Crippen LogP contribution in [0.1, 0.15) is 11.1 Å². The van der Waals surface area contributed by atoms with Crippen molar-refractivity contribution in [2.45, 2.75) is 5.54 Å². The van der Waals surface area contributed by atoms with Gasteiger partial charge in [0.1, 0.15) is 0 Å². The first-order valence-corrected chi connectivity index (χ1v) is 6.47. The van der Waals surface area contributed by atoms with Crippen LogP contribution in [0.25, 0.3) is 0 Å². The van der Waals surface area contributed by atoms with E-state index in [1.807, 2.05) is 6.08 Å². The van der Waals surface area contributed by atoms with E-state index in [1.54, 1.807) is 0 Å². The van der Waals surface area contributed by atoms with Crippen molar-refractivity contribution in [3.63, 3.8) is 0 Å². The Balaban J connectivity index is 2.16. The second kappa shape index (κ2) is 5.47. The van der Waals surface area contributed by atoms with Gasteiger partial charge in [-0.2, -0.15) is 0 Å². The molecule has 0 aliphatic carbocycles. The van der Waals surface area contributed by atoms with Gasteiger partial charge in [-0.25, -0.2) is 0 Å². The van der Waals surface area contributed by atoms with Gasteiger partial charge >= 0.3 is 0 Å². The van der Waals surface area contributed by atoms with Crippen LogP contribution >= 0.6 is 0 Å². The highest BCUT2D eigenvalue weighted by molar-refractivity contribution is 6.55. The van der Waals surface area contributed by atoms with Crippen LogP contribution in [0.5, 0.6) is 0 Å². The van der Waals surface area contributed by atoms with Crippen molar-refractivity contribution in [1.82, 2.24) is 0 Å². The summed E-state index contributed by atoms with van der Waals surface area (Å²) in [5.74, 6) is 0. The number of hydrogen-bond acceptors (Lipinski definition) is 0. The van der Waals surface area contributed by atoms with Crippen molar-refractivity contribution < 1.29 is 0 Å². The van der Waals surface area contributed by atoms with Crippen molar-refractivity contribution in [1.29, 1.82) is 0 Å². The molecule has 2 rings (SSSR count). The lowest BCUT2D eigenvalue weighted by Crippen LogP contribution is -2.20. The monoisotopic (exact) mass is 222 g/mol. The zero-order valence-electron chi connectivity index (χ0n) is 9.14. The Morgan fingerprint density at radius 1 is 0.875 bits per heavy atom. The summed E-state index contributed by atoms with van der Waals surface area (Å²) >= 11 is 0. The van der Waals surface area contributed by atoms with Gasteiger partial charge in [0.2, 0.25) is 0 Å². The summed E-state index contributed by atoms with van der Waals surface area (Å²) in [5.41, 5.74) is 1.78.